The van der Waals surface area contributed by atoms with Crippen molar-refractivity contribution in [3.63, 3.8) is 0 Å². The first kappa shape index (κ1) is 11.5. The Morgan fingerprint density at radius 3 is 3.13 bits per heavy atom. The van der Waals surface area contributed by atoms with Crippen molar-refractivity contribution in [1.29, 1.82) is 0 Å². The fraction of sp³-hybridized carbons (Fsp3) is 0.500. The van der Waals surface area contributed by atoms with Crippen molar-refractivity contribution in [3.05, 3.63) is 40.5 Å². The van der Waals surface area contributed by atoms with Gasteiger partial charge in [-0.05, 0) is 37.2 Å². The molecule has 80 valence electrons. The van der Waals surface area contributed by atoms with E-state index in [0.29, 0.717) is 6.54 Å². The summed E-state index contributed by atoms with van der Waals surface area (Å²) in [5.41, 5.74) is 9.30. The van der Waals surface area contributed by atoms with Crippen LogP contribution < -0.4 is 0 Å². The maximum Gasteiger partial charge on any atom is 0.0312 e. The van der Waals surface area contributed by atoms with Crippen LogP contribution in [-0.4, -0.2) is 30.0 Å². The highest BCUT2D eigenvalue weighted by atomic mass is 15.1. The van der Waals surface area contributed by atoms with Crippen molar-refractivity contribution in [1.82, 2.24) is 9.88 Å². The Morgan fingerprint density at radius 2 is 2.47 bits per heavy atom. The molecule has 0 aliphatic rings. The summed E-state index contributed by atoms with van der Waals surface area (Å²) < 4.78 is 0. The van der Waals surface area contributed by atoms with Gasteiger partial charge in [-0.2, -0.15) is 0 Å². The van der Waals surface area contributed by atoms with Crippen molar-refractivity contribution in [2.45, 2.75) is 13.0 Å². The summed E-state index contributed by atoms with van der Waals surface area (Å²) in [4.78, 5) is 8.95. The molecule has 0 atom stereocenters. The molecule has 1 rings (SSSR count). The van der Waals surface area contributed by atoms with Crippen LogP contribution >= 0.6 is 0 Å². The zero-order chi connectivity index (χ0) is 10.9. The fourth-order valence-corrected chi connectivity index (χ4v) is 1.34. The molecule has 0 aliphatic heterocycles. The van der Waals surface area contributed by atoms with Crippen LogP contribution in [0.3, 0.4) is 0 Å². The molecule has 0 unspecified atom stereocenters. The molecule has 0 aromatic carbocycles. The van der Waals surface area contributed by atoms with E-state index in [1.54, 1.807) is 6.20 Å². The molecule has 0 saturated carbocycles. The molecule has 0 aliphatic carbocycles. The Bertz CT molecular complexity index is 318. The van der Waals surface area contributed by atoms with E-state index in [0.717, 1.165) is 19.5 Å². The second-order valence-electron chi connectivity index (χ2n) is 3.41. The van der Waals surface area contributed by atoms with Crippen LogP contribution in [0.25, 0.3) is 10.4 Å². The molecule has 1 heterocycles. The van der Waals surface area contributed by atoms with E-state index >= 15 is 0 Å². The van der Waals surface area contributed by atoms with Crippen LogP contribution in [-0.2, 0) is 6.54 Å². The van der Waals surface area contributed by atoms with E-state index in [2.05, 4.69) is 26.0 Å². The molecule has 0 amide bonds. The summed E-state index contributed by atoms with van der Waals surface area (Å²) in [5.74, 6) is 0. The highest BCUT2D eigenvalue weighted by Crippen LogP contribution is 2.01. The molecule has 0 radical (unpaired) electrons. The van der Waals surface area contributed by atoms with Crippen molar-refractivity contribution in [2.75, 3.05) is 20.1 Å². The van der Waals surface area contributed by atoms with Gasteiger partial charge in [0.15, 0.2) is 0 Å². The van der Waals surface area contributed by atoms with E-state index in [9.17, 15) is 0 Å². The molecular weight excluding hydrogens is 190 g/mol. The van der Waals surface area contributed by atoms with Crippen molar-refractivity contribution < 1.29 is 0 Å². The molecule has 0 N–H and O–H groups in total. The highest BCUT2D eigenvalue weighted by Gasteiger charge is 1.98. The first-order chi connectivity index (χ1) is 7.33. The molecule has 1 aromatic heterocycles. The summed E-state index contributed by atoms with van der Waals surface area (Å²) in [6.45, 7) is 2.37. The monoisotopic (exact) mass is 205 g/mol. The first-order valence-corrected chi connectivity index (χ1v) is 4.91. The third kappa shape index (κ3) is 5.00. The first-order valence-electron chi connectivity index (χ1n) is 4.91. The molecule has 5 heteroatoms. The number of azide groups is 1. The minimum atomic E-state index is 0.563. The average Bonchev–Trinajstić information content (AvgIpc) is 2.26. The van der Waals surface area contributed by atoms with E-state index < -0.39 is 0 Å². The SMILES string of the molecule is CN(CCCN=[N+]=[N-])Cc1cccnc1. The molecule has 15 heavy (non-hydrogen) atoms. The predicted octanol–water partition coefficient (Wildman–Crippen LogP) is 2.21. The van der Waals surface area contributed by atoms with Gasteiger partial charge in [0.05, 0.1) is 0 Å². The highest BCUT2D eigenvalue weighted by molar-refractivity contribution is 5.07. The molecule has 0 spiro atoms. The Morgan fingerprint density at radius 1 is 1.60 bits per heavy atom. The van der Waals surface area contributed by atoms with Crippen LogP contribution in [0.1, 0.15) is 12.0 Å². The van der Waals surface area contributed by atoms with Gasteiger partial charge in [0.2, 0.25) is 0 Å². The largest absolute Gasteiger partial charge is 0.302 e. The fourth-order valence-electron chi connectivity index (χ4n) is 1.34. The molecular formula is C10H15N5. The van der Waals surface area contributed by atoms with Gasteiger partial charge in [-0.25, -0.2) is 0 Å². The normalized spacial score (nSPS) is 10.0. The predicted molar refractivity (Wildman–Crippen MR) is 59.2 cm³/mol. The molecule has 1 aromatic rings. The van der Waals surface area contributed by atoms with Crippen molar-refractivity contribution >= 4 is 0 Å². The lowest BCUT2D eigenvalue weighted by Crippen LogP contribution is -2.19. The van der Waals surface area contributed by atoms with Gasteiger partial charge in [0.25, 0.3) is 0 Å². The zero-order valence-corrected chi connectivity index (χ0v) is 8.87. The molecule has 5 nitrogen and oxygen atoms in total. The Labute approximate surface area is 89.4 Å². The van der Waals surface area contributed by atoms with E-state index in [1.807, 2.05) is 19.3 Å². The zero-order valence-electron chi connectivity index (χ0n) is 8.87. The third-order valence-electron chi connectivity index (χ3n) is 2.04. The van der Waals surface area contributed by atoms with Gasteiger partial charge < -0.3 is 4.90 Å². The smallest absolute Gasteiger partial charge is 0.0312 e. The second-order valence-corrected chi connectivity index (χ2v) is 3.41. The van der Waals surface area contributed by atoms with Crippen LogP contribution in [0.15, 0.2) is 29.6 Å². The maximum absolute atomic E-state index is 8.10. The molecule has 0 fully saturated rings. The molecule has 0 bridgehead atoms. The number of nitrogens with zero attached hydrogens (tertiary/aromatic N) is 5. The van der Waals surface area contributed by atoms with Crippen LogP contribution in [0.4, 0.5) is 0 Å². The standard InChI is InChI=1S/C10H15N5/c1-15(7-3-6-13-14-11)9-10-4-2-5-12-8-10/h2,4-5,8H,3,6-7,9H2,1H3. The maximum atomic E-state index is 8.10. The Balaban J connectivity index is 2.24. The van der Waals surface area contributed by atoms with Gasteiger partial charge in [0, 0.05) is 30.4 Å². The van der Waals surface area contributed by atoms with Gasteiger partial charge in [-0.3, -0.25) is 4.98 Å². The summed E-state index contributed by atoms with van der Waals surface area (Å²) in [6, 6.07) is 3.99. The Kier molecular flexibility index (Phi) is 5.22. The van der Waals surface area contributed by atoms with Gasteiger partial charge >= 0.3 is 0 Å². The lowest BCUT2D eigenvalue weighted by Gasteiger charge is -2.15. The lowest BCUT2D eigenvalue weighted by atomic mass is 10.2. The number of rotatable bonds is 6. The van der Waals surface area contributed by atoms with Crippen molar-refractivity contribution in [2.24, 2.45) is 5.11 Å². The summed E-state index contributed by atoms with van der Waals surface area (Å²) in [6.07, 6.45) is 4.52. The number of aromatic nitrogens is 1. The number of hydrogen-bond donors (Lipinski definition) is 0. The number of pyridine rings is 1. The average molecular weight is 205 g/mol. The van der Waals surface area contributed by atoms with Gasteiger partial charge in [-0.1, -0.05) is 11.2 Å². The van der Waals surface area contributed by atoms with Gasteiger partial charge in [0.1, 0.15) is 0 Å². The summed E-state index contributed by atoms with van der Waals surface area (Å²) in [7, 11) is 2.04. The minimum Gasteiger partial charge on any atom is -0.302 e. The molecule has 0 saturated heterocycles. The minimum absolute atomic E-state index is 0.563. The second kappa shape index (κ2) is 6.81. The number of hydrogen-bond acceptors (Lipinski definition) is 3. The van der Waals surface area contributed by atoms with E-state index in [1.165, 1.54) is 5.56 Å². The van der Waals surface area contributed by atoms with Crippen molar-refractivity contribution in [3.8, 4) is 0 Å². The quantitative estimate of drug-likeness (QED) is 0.309. The van der Waals surface area contributed by atoms with Crippen LogP contribution in [0.2, 0.25) is 0 Å². The van der Waals surface area contributed by atoms with Crippen LogP contribution in [0.5, 0.6) is 0 Å². The van der Waals surface area contributed by atoms with Crippen LogP contribution in [0, 0.1) is 0 Å². The summed E-state index contributed by atoms with van der Waals surface area (Å²) in [5, 5.41) is 3.49. The third-order valence-corrected chi connectivity index (χ3v) is 2.04. The summed E-state index contributed by atoms with van der Waals surface area (Å²) >= 11 is 0. The van der Waals surface area contributed by atoms with E-state index in [-0.39, 0.29) is 0 Å². The van der Waals surface area contributed by atoms with Gasteiger partial charge in [-0.15, -0.1) is 0 Å². The lowest BCUT2D eigenvalue weighted by molar-refractivity contribution is 0.324. The Hall–Kier alpha value is -1.58. The van der Waals surface area contributed by atoms with E-state index in [4.69, 9.17) is 5.53 Å². The topological polar surface area (TPSA) is 64.9 Å².